The molecule has 0 aliphatic carbocycles. The largest absolute Gasteiger partial charge is 0.464 e. The molecule has 2 atom stereocenters. The van der Waals surface area contributed by atoms with Crippen molar-refractivity contribution in [3.63, 3.8) is 0 Å². The van der Waals surface area contributed by atoms with Gasteiger partial charge in [0.05, 0.1) is 12.6 Å². The molecule has 0 aromatic heterocycles. The number of azide groups is 1. The van der Waals surface area contributed by atoms with Gasteiger partial charge in [0, 0.05) is 11.5 Å². The summed E-state index contributed by atoms with van der Waals surface area (Å²) in [4.78, 5) is 26.9. The summed E-state index contributed by atoms with van der Waals surface area (Å²) in [7, 11) is 1.38. The van der Waals surface area contributed by atoms with Crippen molar-refractivity contribution in [2.24, 2.45) is 5.11 Å². The maximum Gasteiger partial charge on any atom is 0.328 e. The summed E-state index contributed by atoms with van der Waals surface area (Å²) >= 11 is 0. The minimum absolute atomic E-state index is 0.214. The van der Waals surface area contributed by atoms with E-state index in [0.29, 0.717) is 6.42 Å². The van der Waals surface area contributed by atoms with Gasteiger partial charge in [-0.05, 0) is 18.9 Å². The first kappa shape index (κ1) is 12.4. The first-order valence-corrected chi connectivity index (χ1v) is 5.08. The van der Waals surface area contributed by atoms with Crippen molar-refractivity contribution < 1.29 is 14.3 Å². The molecule has 0 N–H and O–H groups in total. The molecular weight excluding hydrogens is 211 g/mol. The van der Waals surface area contributed by atoms with Gasteiger partial charge in [0.1, 0.15) is 6.04 Å². The van der Waals surface area contributed by atoms with E-state index < -0.39 is 12.0 Å². The molecule has 1 amide bonds. The van der Waals surface area contributed by atoms with Crippen molar-refractivity contribution in [2.45, 2.75) is 25.4 Å². The van der Waals surface area contributed by atoms with Crippen LogP contribution >= 0.6 is 0 Å². The van der Waals surface area contributed by atoms with E-state index in [0.717, 1.165) is 0 Å². The number of nitrogens with zero attached hydrogens (tertiary/aromatic N) is 4. The molecule has 8 heteroatoms. The van der Waals surface area contributed by atoms with Gasteiger partial charge in [-0.1, -0.05) is 5.11 Å². The zero-order valence-corrected chi connectivity index (χ0v) is 9.29. The molecule has 1 heterocycles. The fourth-order valence-corrected chi connectivity index (χ4v) is 1.78. The molecule has 0 radical (unpaired) electrons. The number of hydrogen-bond acceptors (Lipinski definition) is 4. The second-order valence-electron chi connectivity index (χ2n) is 3.53. The Hall–Kier alpha value is -1.69. The van der Waals surface area contributed by atoms with Crippen LogP contribution in [0.5, 0.6) is 0 Å². The molecule has 0 spiro atoms. The Morgan fingerprint density at radius 3 is 2.88 bits per heavy atom. The lowest BCUT2D eigenvalue weighted by atomic mass is 10.1. The predicted molar refractivity (Wildman–Crippen MR) is 58.6 cm³/mol. The number of amides is 1. The molecule has 16 heavy (non-hydrogen) atoms. The zero-order chi connectivity index (χ0) is 12.1. The highest BCUT2D eigenvalue weighted by Crippen LogP contribution is 2.21. The summed E-state index contributed by atoms with van der Waals surface area (Å²) in [5.41, 5.74) is 8.32. The van der Waals surface area contributed by atoms with Crippen molar-refractivity contribution in [1.29, 1.82) is 0 Å². The van der Waals surface area contributed by atoms with Gasteiger partial charge in [0.25, 0.3) is 0 Å². The van der Waals surface area contributed by atoms with Crippen LogP contribution in [0.2, 0.25) is 0 Å². The number of rotatable bonds is 3. The van der Waals surface area contributed by atoms with E-state index >= 15 is 0 Å². The van der Waals surface area contributed by atoms with Crippen molar-refractivity contribution in [3.05, 3.63) is 10.4 Å². The van der Waals surface area contributed by atoms with E-state index in [2.05, 4.69) is 10.0 Å². The molecule has 1 saturated heterocycles. The topological polar surface area (TPSA) is 95.4 Å². The average Bonchev–Trinajstić information content (AvgIpc) is 2.63. The Bertz CT molecular complexity index is 342. The SMILES string of the molecule is BC(=O)N1C[C@H](N=[N+]=[N-])C[C@H]1C(=O)OCC. The summed E-state index contributed by atoms with van der Waals surface area (Å²) < 4.78 is 4.87. The third-order valence-electron chi connectivity index (χ3n) is 2.46. The van der Waals surface area contributed by atoms with Gasteiger partial charge in [0.15, 0.2) is 5.81 Å². The van der Waals surface area contributed by atoms with Crippen LogP contribution in [0.3, 0.4) is 0 Å². The second kappa shape index (κ2) is 5.41. The lowest BCUT2D eigenvalue weighted by Crippen LogP contribution is -2.40. The van der Waals surface area contributed by atoms with Crippen LogP contribution in [0.25, 0.3) is 10.4 Å². The van der Waals surface area contributed by atoms with E-state index in [9.17, 15) is 9.59 Å². The van der Waals surface area contributed by atoms with Crippen molar-refractivity contribution in [3.8, 4) is 0 Å². The van der Waals surface area contributed by atoms with Crippen molar-refractivity contribution in [2.75, 3.05) is 13.2 Å². The van der Waals surface area contributed by atoms with Crippen molar-refractivity contribution >= 4 is 19.6 Å². The normalized spacial score (nSPS) is 23.7. The average molecular weight is 224 g/mol. The van der Waals surface area contributed by atoms with Crippen LogP contribution in [0.4, 0.5) is 4.79 Å². The van der Waals surface area contributed by atoms with E-state index in [1.54, 1.807) is 6.92 Å². The second-order valence-corrected chi connectivity index (χ2v) is 3.53. The first-order chi connectivity index (χ1) is 7.60. The monoisotopic (exact) mass is 224 g/mol. The van der Waals surface area contributed by atoms with Gasteiger partial charge >= 0.3 is 5.97 Å². The van der Waals surface area contributed by atoms with E-state index in [1.165, 1.54) is 12.7 Å². The van der Waals surface area contributed by atoms with Crippen LogP contribution in [0.1, 0.15) is 13.3 Å². The molecule has 0 saturated carbocycles. The van der Waals surface area contributed by atoms with Gasteiger partial charge < -0.3 is 9.64 Å². The Labute approximate surface area is 93.8 Å². The zero-order valence-electron chi connectivity index (χ0n) is 9.29. The number of carbonyl (C=O) groups excluding carboxylic acids is 2. The minimum Gasteiger partial charge on any atom is -0.464 e. The summed E-state index contributed by atoms with van der Waals surface area (Å²) in [5.74, 6) is -0.651. The molecular formula is C8H13BN4O3. The molecule has 86 valence electrons. The van der Waals surface area contributed by atoms with Gasteiger partial charge in [-0.3, -0.25) is 4.79 Å². The molecule has 0 unspecified atom stereocenters. The highest BCUT2D eigenvalue weighted by molar-refractivity contribution is 6.57. The molecule has 1 aliphatic heterocycles. The van der Waals surface area contributed by atoms with Crippen molar-refractivity contribution in [1.82, 2.24) is 4.90 Å². The highest BCUT2D eigenvalue weighted by atomic mass is 16.5. The number of carbonyl (C=O) groups is 2. The number of likely N-dealkylation sites (tertiary alicyclic amines) is 1. The third-order valence-corrected chi connectivity index (χ3v) is 2.46. The Morgan fingerprint density at radius 2 is 2.38 bits per heavy atom. The molecule has 1 fully saturated rings. The molecule has 7 nitrogen and oxygen atoms in total. The lowest BCUT2D eigenvalue weighted by Gasteiger charge is -2.21. The lowest BCUT2D eigenvalue weighted by molar-refractivity contribution is -0.147. The highest BCUT2D eigenvalue weighted by Gasteiger charge is 2.38. The standard InChI is InChI=1S/C8H13BN4O3/c1-2-16-7(14)6-3-5(11-12-10)4-13(6)8(9)15/h5-6H,2-4,9H2,1H3/t5-,6+/m1/s1. The van der Waals surface area contributed by atoms with Crippen LogP contribution in [-0.2, 0) is 9.53 Å². The maximum atomic E-state index is 11.6. The molecule has 0 aromatic carbocycles. The number of ether oxygens (including phenoxy) is 1. The van der Waals surface area contributed by atoms with E-state index in [4.69, 9.17) is 10.3 Å². The summed E-state index contributed by atoms with van der Waals surface area (Å²) in [6, 6.07) is -0.962. The molecule has 0 aromatic rings. The number of esters is 1. The van der Waals surface area contributed by atoms with E-state index in [1.807, 2.05) is 0 Å². The third kappa shape index (κ3) is 2.67. The van der Waals surface area contributed by atoms with Crippen LogP contribution < -0.4 is 0 Å². The quantitative estimate of drug-likeness (QED) is 0.223. The molecule has 0 bridgehead atoms. The Balaban J connectivity index is 2.76. The van der Waals surface area contributed by atoms with Gasteiger partial charge in [0.2, 0.25) is 7.85 Å². The summed E-state index contributed by atoms with van der Waals surface area (Å²) in [6.45, 7) is 2.26. The van der Waals surface area contributed by atoms with Crippen LogP contribution in [-0.4, -0.2) is 49.8 Å². The van der Waals surface area contributed by atoms with Crippen LogP contribution in [0.15, 0.2) is 5.11 Å². The van der Waals surface area contributed by atoms with Gasteiger partial charge in [-0.15, -0.1) is 0 Å². The van der Waals surface area contributed by atoms with Crippen LogP contribution in [0, 0.1) is 0 Å². The predicted octanol–water partition coefficient (Wildman–Crippen LogP) is 0.0558. The molecule has 1 rings (SSSR count). The Morgan fingerprint density at radius 1 is 1.69 bits per heavy atom. The summed E-state index contributed by atoms with van der Waals surface area (Å²) in [6.07, 6.45) is 0.336. The van der Waals surface area contributed by atoms with Gasteiger partial charge in [-0.25, -0.2) is 4.79 Å². The first-order valence-electron chi connectivity index (χ1n) is 5.08. The Kier molecular flexibility index (Phi) is 4.19. The summed E-state index contributed by atoms with van der Waals surface area (Å²) in [5, 5.41) is 3.53. The van der Waals surface area contributed by atoms with Gasteiger partial charge in [-0.2, -0.15) is 0 Å². The maximum absolute atomic E-state index is 11.6. The minimum atomic E-state index is -0.618. The fourth-order valence-electron chi connectivity index (χ4n) is 1.78. The van der Waals surface area contributed by atoms with E-state index in [-0.39, 0.29) is 25.0 Å². The smallest absolute Gasteiger partial charge is 0.328 e. The molecule has 1 aliphatic rings. The number of hydrogen-bond donors (Lipinski definition) is 0. The fraction of sp³-hybridized carbons (Fsp3) is 0.750.